The predicted molar refractivity (Wildman–Crippen MR) is 105 cm³/mol. The number of hydrogen-bond donors (Lipinski definition) is 0. The second-order valence-electron chi connectivity index (χ2n) is 6.24. The molecule has 144 valence electrons. The lowest BCUT2D eigenvalue weighted by molar-refractivity contribution is 0.0984. The molecule has 0 atom stereocenters. The van der Waals surface area contributed by atoms with Crippen molar-refractivity contribution in [2.24, 2.45) is 4.99 Å². The molecule has 27 heavy (non-hydrogen) atoms. The van der Waals surface area contributed by atoms with Crippen LogP contribution in [0, 0.1) is 0 Å². The Hall–Kier alpha value is -2.45. The van der Waals surface area contributed by atoms with E-state index >= 15 is 0 Å². The second-order valence-corrected chi connectivity index (χ2v) is 7.25. The van der Waals surface area contributed by atoms with Gasteiger partial charge in [0.15, 0.2) is 4.80 Å². The summed E-state index contributed by atoms with van der Waals surface area (Å²) in [4.78, 5) is 17.8. The fraction of sp³-hybridized carbons (Fsp3) is 0.421. The van der Waals surface area contributed by atoms with E-state index in [1.165, 1.54) is 11.3 Å². The van der Waals surface area contributed by atoms with Crippen LogP contribution in [0.25, 0.3) is 10.2 Å². The Bertz CT molecular complexity index is 1000. The maximum Gasteiger partial charge on any atom is 0.297 e. The zero-order valence-electron chi connectivity index (χ0n) is 16.0. The number of nitrogens with zero attached hydrogens (tertiary/aromatic N) is 4. The number of aromatic nitrogens is 3. The molecule has 0 radical (unpaired) electrons. The highest BCUT2D eigenvalue weighted by molar-refractivity contribution is 7.16. The molecule has 0 N–H and O–H groups in total. The van der Waals surface area contributed by atoms with E-state index in [1.54, 1.807) is 24.1 Å². The molecule has 0 aliphatic rings. The third-order valence-corrected chi connectivity index (χ3v) is 5.17. The Labute approximate surface area is 161 Å². The highest BCUT2D eigenvalue weighted by atomic mass is 32.1. The summed E-state index contributed by atoms with van der Waals surface area (Å²) in [6, 6.07) is 7.64. The van der Waals surface area contributed by atoms with Crippen molar-refractivity contribution in [2.75, 3.05) is 20.3 Å². The van der Waals surface area contributed by atoms with Crippen molar-refractivity contribution in [1.29, 1.82) is 0 Å². The largest absolute Gasteiger partial charge is 0.497 e. The van der Waals surface area contributed by atoms with E-state index < -0.39 is 0 Å². The van der Waals surface area contributed by atoms with Gasteiger partial charge in [0, 0.05) is 25.4 Å². The van der Waals surface area contributed by atoms with Crippen LogP contribution >= 0.6 is 11.3 Å². The molecule has 0 bridgehead atoms. The number of methoxy groups -OCH3 is 1. The first kappa shape index (κ1) is 19.3. The molecule has 0 unspecified atom stereocenters. The lowest BCUT2D eigenvalue weighted by atomic mass is 10.3. The molecule has 0 fully saturated rings. The third-order valence-electron chi connectivity index (χ3n) is 4.13. The molecule has 7 nitrogen and oxygen atoms in total. The smallest absolute Gasteiger partial charge is 0.297 e. The molecule has 1 amide bonds. The lowest BCUT2D eigenvalue weighted by Crippen LogP contribution is -2.21. The molecular formula is C19H24N4O3S. The Morgan fingerprint density at radius 3 is 2.85 bits per heavy atom. The van der Waals surface area contributed by atoms with E-state index in [1.807, 2.05) is 43.5 Å². The van der Waals surface area contributed by atoms with Gasteiger partial charge < -0.3 is 14.0 Å². The normalized spacial score (nSPS) is 12.3. The van der Waals surface area contributed by atoms with Crippen LogP contribution < -0.4 is 9.54 Å². The van der Waals surface area contributed by atoms with E-state index in [9.17, 15) is 4.79 Å². The van der Waals surface area contributed by atoms with Gasteiger partial charge in [-0.3, -0.25) is 9.48 Å². The predicted octanol–water partition coefficient (Wildman–Crippen LogP) is 3.27. The van der Waals surface area contributed by atoms with Crippen molar-refractivity contribution in [3.05, 3.63) is 41.0 Å². The van der Waals surface area contributed by atoms with Crippen LogP contribution in [0.15, 0.2) is 35.5 Å². The van der Waals surface area contributed by atoms with Gasteiger partial charge in [-0.2, -0.15) is 10.1 Å². The number of rotatable bonds is 7. The van der Waals surface area contributed by atoms with Gasteiger partial charge in [-0.05, 0) is 45.0 Å². The quantitative estimate of drug-likeness (QED) is 0.583. The molecule has 0 aliphatic heterocycles. The molecule has 1 aromatic carbocycles. The van der Waals surface area contributed by atoms with E-state index in [-0.39, 0.29) is 11.9 Å². The number of benzene rings is 1. The van der Waals surface area contributed by atoms with Crippen molar-refractivity contribution < 1.29 is 14.3 Å². The highest BCUT2D eigenvalue weighted by Crippen LogP contribution is 2.23. The van der Waals surface area contributed by atoms with Gasteiger partial charge in [0.1, 0.15) is 11.4 Å². The standard InChI is InChI=1S/C19H24N4O3S/c1-5-26-11-10-22-15-7-6-14(25-4)12-17(15)27-19(22)21-18(24)16-8-9-20-23(16)13(2)3/h6-9,12-13H,5,10-11H2,1-4H3. The first-order chi connectivity index (χ1) is 13.0. The van der Waals surface area contributed by atoms with Gasteiger partial charge in [0.25, 0.3) is 5.91 Å². The van der Waals surface area contributed by atoms with Crippen LogP contribution in [0.1, 0.15) is 37.3 Å². The van der Waals surface area contributed by atoms with Gasteiger partial charge in [-0.15, -0.1) is 0 Å². The van der Waals surface area contributed by atoms with E-state index in [2.05, 4.69) is 10.1 Å². The number of carbonyl (C=O) groups excluding carboxylic acids is 1. The average molecular weight is 388 g/mol. The summed E-state index contributed by atoms with van der Waals surface area (Å²) in [5, 5.41) is 4.22. The molecule has 0 saturated heterocycles. The van der Waals surface area contributed by atoms with Crippen LogP contribution in [0.4, 0.5) is 0 Å². The zero-order valence-corrected chi connectivity index (χ0v) is 16.8. The summed E-state index contributed by atoms with van der Waals surface area (Å²) in [7, 11) is 1.64. The summed E-state index contributed by atoms with van der Waals surface area (Å²) < 4.78 is 15.5. The molecule has 2 aromatic heterocycles. The van der Waals surface area contributed by atoms with Crippen molar-refractivity contribution in [3.8, 4) is 5.75 Å². The van der Waals surface area contributed by atoms with Crippen LogP contribution in [-0.4, -0.2) is 40.6 Å². The summed E-state index contributed by atoms with van der Waals surface area (Å²) in [6.07, 6.45) is 1.63. The SMILES string of the molecule is CCOCCn1c(=NC(=O)c2ccnn2C(C)C)sc2cc(OC)ccc21. The van der Waals surface area contributed by atoms with Crippen LogP contribution in [0.5, 0.6) is 5.75 Å². The maximum absolute atomic E-state index is 12.8. The number of hydrogen-bond acceptors (Lipinski definition) is 5. The average Bonchev–Trinajstić information content (AvgIpc) is 3.26. The number of ether oxygens (including phenoxy) is 2. The molecule has 2 heterocycles. The molecule has 3 rings (SSSR count). The van der Waals surface area contributed by atoms with Crippen molar-refractivity contribution in [3.63, 3.8) is 0 Å². The number of carbonyl (C=O) groups is 1. The van der Waals surface area contributed by atoms with E-state index in [4.69, 9.17) is 9.47 Å². The third kappa shape index (κ3) is 4.12. The number of amides is 1. The highest BCUT2D eigenvalue weighted by Gasteiger charge is 2.15. The first-order valence-corrected chi connectivity index (χ1v) is 9.74. The van der Waals surface area contributed by atoms with Gasteiger partial charge in [-0.1, -0.05) is 11.3 Å². The number of fused-ring (bicyclic) bond motifs is 1. The summed E-state index contributed by atoms with van der Waals surface area (Å²) in [5.74, 6) is 0.473. The summed E-state index contributed by atoms with van der Waals surface area (Å²) in [5.41, 5.74) is 1.49. The Morgan fingerprint density at radius 1 is 1.33 bits per heavy atom. The minimum Gasteiger partial charge on any atom is -0.497 e. The molecule has 3 aromatic rings. The van der Waals surface area contributed by atoms with Gasteiger partial charge in [0.2, 0.25) is 0 Å². The first-order valence-electron chi connectivity index (χ1n) is 8.92. The van der Waals surface area contributed by atoms with Crippen molar-refractivity contribution >= 4 is 27.5 Å². The fourth-order valence-corrected chi connectivity index (χ4v) is 3.90. The van der Waals surface area contributed by atoms with Crippen molar-refractivity contribution in [2.45, 2.75) is 33.4 Å². The van der Waals surface area contributed by atoms with Crippen LogP contribution in [-0.2, 0) is 11.3 Å². The Balaban J connectivity index is 2.07. The topological polar surface area (TPSA) is 70.6 Å². The molecule has 8 heteroatoms. The minimum absolute atomic E-state index is 0.0888. The molecule has 0 aliphatic carbocycles. The zero-order chi connectivity index (χ0) is 19.4. The monoisotopic (exact) mass is 388 g/mol. The van der Waals surface area contributed by atoms with Crippen molar-refractivity contribution in [1.82, 2.24) is 14.3 Å². The maximum atomic E-state index is 12.8. The lowest BCUT2D eigenvalue weighted by Gasteiger charge is -2.08. The van der Waals surface area contributed by atoms with Crippen LogP contribution in [0.2, 0.25) is 0 Å². The van der Waals surface area contributed by atoms with E-state index in [0.29, 0.717) is 30.3 Å². The molecule has 0 spiro atoms. The van der Waals surface area contributed by atoms with Gasteiger partial charge in [0.05, 0.1) is 23.9 Å². The molecule has 0 saturated carbocycles. The summed E-state index contributed by atoms with van der Waals surface area (Å²) in [6.45, 7) is 7.75. The van der Waals surface area contributed by atoms with Gasteiger partial charge >= 0.3 is 0 Å². The second kappa shape index (κ2) is 8.49. The number of thiazole rings is 1. The fourth-order valence-electron chi connectivity index (χ4n) is 2.82. The Kier molecular flexibility index (Phi) is 6.08. The Morgan fingerprint density at radius 2 is 2.15 bits per heavy atom. The van der Waals surface area contributed by atoms with Crippen LogP contribution in [0.3, 0.4) is 0 Å². The summed E-state index contributed by atoms with van der Waals surface area (Å²) >= 11 is 1.46. The minimum atomic E-state index is -0.301. The molecular weight excluding hydrogens is 364 g/mol. The van der Waals surface area contributed by atoms with E-state index in [0.717, 1.165) is 16.0 Å². The van der Waals surface area contributed by atoms with Gasteiger partial charge in [-0.25, -0.2) is 0 Å².